The zero-order valence-electron chi connectivity index (χ0n) is 16.7. The first-order valence-corrected chi connectivity index (χ1v) is 10.6. The van der Waals surface area contributed by atoms with Crippen molar-refractivity contribution in [2.45, 2.75) is 58.5 Å². The third-order valence-corrected chi connectivity index (χ3v) is 6.29. The number of nitrogens with zero attached hydrogens (tertiary/aromatic N) is 1. The fourth-order valence-electron chi connectivity index (χ4n) is 4.03. The van der Waals surface area contributed by atoms with Crippen LogP contribution in [0.3, 0.4) is 0 Å². The van der Waals surface area contributed by atoms with Crippen LogP contribution in [0.4, 0.5) is 0 Å². The molecule has 0 radical (unpaired) electrons. The molecule has 3 N–H and O–H groups in total. The van der Waals surface area contributed by atoms with Crippen molar-refractivity contribution in [3.63, 3.8) is 0 Å². The molecule has 0 spiro atoms. The quantitative estimate of drug-likeness (QED) is 0.533. The van der Waals surface area contributed by atoms with Gasteiger partial charge in [-0.1, -0.05) is 38.8 Å². The summed E-state index contributed by atoms with van der Waals surface area (Å²) in [5.41, 5.74) is 7.04. The first-order chi connectivity index (χ1) is 13.4. The molecule has 3 rings (SSSR count). The minimum Gasteiger partial charge on any atom is -0.358 e. The summed E-state index contributed by atoms with van der Waals surface area (Å²) in [6.45, 7) is 5.94. The van der Waals surface area contributed by atoms with Gasteiger partial charge in [-0.15, -0.1) is 0 Å². The van der Waals surface area contributed by atoms with E-state index in [1.54, 1.807) is 12.1 Å². The van der Waals surface area contributed by atoms with Gasteiger partial charge in [-0.05, 0) is 54.6 Å². The van der Waals surface area contributed by atoms with E-state index in [0.717, 1.165) is 24.9 Å². The number of amides is 2. The van der Waals surface area contributed by atoms with Crippen LogP contribution in [0.15, 0.2) is 24.3 Å². The molecule has 1 aliphatic carbocycles. The van der Waals surface area contributed by atoms with E-state index in [9.17, 15) is 9.59 Å². The zero-order valence-corrected chi connectivity index (χ0v) is 17.5. The van der Waals surface area contributed by atoms with Crippen LogP contribution in [-0.2, 0) is 11.3 Å². The van der Waals surface area contributed by atoms with E-state index >= 15 is 0 Å². The number of benzene rings is 1. The molecule has 2 fully saturated rings. The summed E-state index contributed by atoms with van der Waals surface area (Å²) in [4.78, 5) is 25.9. The number of nitrogens with one attached hydrogen (secondary N) is 3. The summed E-state index contributed by atoms with van der Waals surface area (Å²) >= 11 is 5.33. The van der Waals surface area contributed by atoms with Crippen LogP contribution in [-0.4, -0.2) is 34.4 Å². The Kier molecular flexibility index (Phi) is 6.88. The maximum atomic E-state index is 12.3. The highest BCUT2D eigenvalue weighted by atomic mass is 32.1. The van der Waals surface area contributed by atoms with Gasteiger partial charge in [0.15, 0.2) is 5.11 Å². The number of likely N-dealkylation sites (tertiary alicyclic amines) is 1. The Labute approximate surface area is 172 Å². The van der Waals surface area contributed by atoms with Gasteiger partial charge in [0.1, 0.15) is 0 Å². The second kappa shape index (κ2) is 9.37. The van der Waals surface area contributed by atoms with Gasteiger partial charge in [-0.2, -0.15) is 0 Å². The maximum absolute atomic E-state index is 12.3. The van der Waals surface area contributed by atoms with Crippen LogP contribution in [0, 0.1) is 11.8 Å². The lowest BCUT2D eigenvalue weighted by Crippen LogP contribution is -2.52. The van der Waals surface area contributed by atoms with Crippen LogP contribution in [0.1, 0.15) is 61.9 Å². The zero-order chi connectivity index (χ0) is 20.1. The van der Waals surface area contributed by atoms with Gasteiger partial charge in [-0.25, -0.2) is 0 Å². The lowest BCUT2D eigenvalue weighted by molar-refractivity contribution is -0.128. The number of thiocarbonyl (C=S) groups is 1. The monoisotopic (exact) mass is 402 g/mol. The molecule has 1 saturated carbocycles. The third kappa shape index (κ3) is 5.22. The van der Waals surface area contributed by atoms with Crippen molar-refractivity contribution in [1.29, 1.82) is 0 Å². The summed E-state index contributed by atoms with van der Waals surface area (Å²) in [5.74, 6) is 1.20. The number of carbonyl (C=O) groups excluding carboxylic acids is 2. The number of carbonyl (C=O) groups is 2. The van der Waals surface area contributed by atoms with Crippen molar-refractivity contribution >= 4 is 29.1 Å². The lowest BCUT2D eigenvalue weighted by atomic mass is 9.78. The Balaban J connectivity index is 1.45. The molecule has 0 aromatic heterocycles. The predicted octanol–water partition coefficient (Wildman–Crippen LogP) is 2.74. The summed E-state index contributed by atoms with van der Waals surface area (Å²) < 4.78 is 0. The molecule has 1 aliphatic heterocycles. The largest absolute Gasteiger partial charge is 0.358 e. The molecule has 2 amide bonds. The first-order valence-electron chi connectivity index (χ1n) is 10.2. The summed E-state index contributed by atoms with van der Waals surface area (Å²) in [7, 11) is 0. The molecule has 1 saturated heterocycles. The molecule has 1 heterocycles. The highest BCUT2D eigenvalue weighted by Gasteiger charge is 2.27. The van der Waals surface area contributed by atoms with Gasteiger partial charge in [-0.3, -0.25) is 20.4 Å². The Morgan fingerprint density at radius 1 is 1.14 bits per heavy atom. The fourth-order valence-corrected chi connectivity index (χ4v) is 4.23. The predicted molar refractivity (Wildman–Crippen MR) is 113 cm³/mol. The van der Waals surface area contributed by atoms with Crippen molar-refractivity contribution in [3.05, 3.63) is 35.4 Å². The highest BCUT2D eigenvalue weighted by molar-refractivity contribution is 7.80. The number of hydrogen-bond donors (Lipinski definition) is 3. The second-order valence-electron chi connectivity index (χ2n) is 8.04. The van der Waals surface area contributed by atoms with Crippen molar-refractivity contribution in [2.75, 3.05) is 6.54 Å². The van der Waals surface area contributed by atoms with Crippen LogP contribution >= 0.6 is 12.2 Å². The van der Waals surface area contributed by atoms with Gasteiger partial charge >= 0.3 is 0 Å². The van der Waals surface area contributed by atoms with Gasteiger partial charge in [0.25, 0.3) is 5.91 Å². The Morgan fingerprint density at radius 3 is 2.57 bits per heavy atom. The van der Waals surface area contributed by atoms with Crippen molar-refractivity contribution in [3.8, 4) is 0 Å². The minimum atomic E-state index is -0.238. The molecule has 152 valence electrons. The Hall–Kier alpha value is -2.15. The van der Waals surface area contributed by atoms with E-state index in [1.807, 2.05) is 17.0 Å². The highest BCUT2D eigenvalue weighted by Crippen LogP contribution is 2.29. The van der Waals surface area contributed by atoms with Crippen LogP contribution in [0.2, 0.25) is 0 Å². The van der Waals surface area contributed by atoms with Crippen LogP contribution in [0.25, 0.3) is 0 Å². The molecule has 1 aromatic rings. The number of rotatable bonds is 4. The van der Waals surface area contributed by atoms with Crippen molar-refractivity contribution < 1.29 is 9.59 Å². The Bertz CT molecular complexity index is 722. The molecule has 1 aromatic carbocycles. The van der Waals surface area contributed by atoms with Gasteiger partial charge < -0.3 is 10.2 Å². The topological polar surface area (TPSA) is 73.5 Å². The normalized spacial score (nSPS) is 24.7. The molecular formula is C21H30N4O2S. The van der Waals surface area contributed by atoms with E-state index in [0.29, 0.717) is 41.5 Å². The third-order valence-electron chi connectivity index (χ3n) is 6.07. The van der Waals surface area contributed by atoms with Crippen molar-refractivity contribution in [2.24, 2.45) is 11.8 Å². The molecule has 3 atom stereocenters. The number of hydrazine groups is 1. The average Bonchev–Trinajstić information content (AvgIpc) is 3.09. The summed E-state index contributed by atoms with van der Waals surface area (Å²) in [6.07, 6.45) is 5.13. The first kappa shape index (κ1) is 20.6. The fraction of sp³-hybridized carbons (Fsp3) is 0.571. The second-order valence-corrected chi connectivity index (χ2v) is 8.45. The number of hydrogen-bond acceptors (Lipinski definition) is 3. The van der Waals surface area contributed by atoms with E-state index in [-0.39, 0.29) is 11.8 Å². The lowest BCUT2D eigenvalue weighted by Gasteiger charge is -2.35. The van der Waals surface area contributed by atoms with Crippen molar-refractivity contribution in [1.82, 2.24) is 21.1 Å². The molecule has 28 heavy (non-hydrogen) atoms. The van der Waals surface area contributed by atoms with E-state index in [1.165, 1.54) is 12.8 Å². The molecule has 2 aliphatic rings. The van der Waals surface area contributed by atoms with Gasteiger partial charge in [0.2, 0.25) is 5.91 Å². The molecule has 6 nitrogen and oxygen atoms in total. The maximum Gasteiger partial charge on any atom is 0.269 e. The van der Waals surface area contributed by atoms with E-state index in [2.05, 4.69) is 30.0 Å². The molecule has 7 heteroatoms. The molecular weight excluding hydrogens is 372 g/mol. The SMILES string of the molecule is C[C@@H]1[C@H](C)CCC[C@H]1NC(=S)NNC(=O)c1ccc(CN2CCCC2=O)cc1. The average molecular weight is 403 g/mol. The standard InChI is InChI=1S/C21H30N4O2S/c1-14-5-3-6-18(15(14)2)22-21(28)24-23-20(27)17-10-8-16(9-11-17)13-25-12-4-7-19(25)26/h8-11,14-15,18H,3-7,12-13H2,1-2H3,(H,23,27)(H2,22,24,28)/t14-,15-,18-/m1/s1. The van der Waals surface area contributed by atoms with E-state index < -0.39 is 0 Å². The summed E-state index contributed by atoms with van der Waals surface area (Å²) in [5, 5.41) is 3.78. The van der Waals surface area contributed by atoms with E-state index in [4.69, 9.17) is 12.2 Å². The molecule has 0 unspecified atom stereocenters. The Morgan fingerprint density at radius 2 is 1.89 bits per heavy atom. The smallest absolute Gasteiger partial charge is 0.269 e. The molecule has 0 bridgehead atoms. The minimum absolute atomic E-state index is 0.203. The van der Waals surface area contributed by atoms with Crippen LogP contribution < -0.4 is 16.2 Å². The van der Waals surface area contributed by atoms with Gasteiger partial charge in [0.05, 0.1) is 0 Å². The summed E-state index contributed by atoms with van der Waals surface area (Å²) in [6, 6.07) is 7.67. The van der Waals surface area contributed by atoms with Crippen LogP contribution in [0.5, 0.6) is 0 Å². The van der Waals surface area contributed by atoms with Gasteiger partial charge in [0, 0.05) is 31.1 Å².